The van der Waals surface area contributed by atoms with Crippen LogP contribution in [-0.4, -0.2) is 17.1 Å². The first-order valence-electron chi connectivity index (χ1n) is 4.21. The largest absolute Gasteiger partial charge is 0.502 e. The Morgan fingerprint density at radius 3 is 2.71 bits per heavy atom. The summed E-state index contributed by atoms with van der Waals surface area (Å²) < 4.78 is 0. The number of aromatic hydroxyl groups is 1. The highest BCUT2D eigenvalue weighted by Gasteiger charge is 2.15. The predicted octanol–water partition coefficient (Wildman–Crippen LogP) is 1.58. The van der Waals surface area contributed by atoms with Gasteiger partial charge in [0.1, 0.15) is 0 Å². The summed E-state index contributed by atoms with van der Waals surface area (Å²) >= 11 is 0. The summed E-state index contributed by atoms with van der Waals surface area (Å²) in [4.78, 5) is 9.91. The van der Waals surface area contributed by atoms with Gasteiger partial charge < -0.3 is 10.4 Å². The molecule has 1 aromatic rings. The van der Waals surface area contributed by atoms with Crippen LogP contribution in [0.4, 0.5) is 5.69 Å². The van der Waals surface area contributed by atoms with Gasteiger partial charge in [-0.3, -0.25) is 10.1 Å². The highest BCUT2D eigenvalue weighted by Crippen LogP contribution is 2.28. The van der Waals surface area contributed by atoms with Gasteiger partial charge in [0.25, 0.3) is 0 Å². The van der Waals surface area contributed by atoms with E-state index in [0.29, 0.717) is 0 Å². The van der Waals surface area contributed by atoms with Crippen molar-refractivity contribution in [2.75, 3.05) is 7.05 Å². The second kappa shape index (κ2) is 4.06. The molecule has 0 unspecified atom stereocenters. The number of nitro benzene ring substituents is 1. The van der Waals surface area contributed by atoms with Crippen LogP contribution in [0.2, 0.25) is 0 Å². The smallest absolute Gasteiger partial charge is 0.311 e. The van der Waals surface area contributed by atoms with Crippen molar-refractivity contribution >= 4 is 5.69 Å². The number of hydrogen-bond acceptors (Lipinski definition) is 4. The van der Waals surface area contributed by atoms with Crippen molar-refractivity contribution in [1.29, 1.82) is 0 Å². The second-order valence-corrected chi connectivity index (χ2v) is 3.02. The number of benzene rings is 1. The Bertz CT molecular complexity index is 352. The average molecular weight is 196 g/mol. The first kappa shape index (κ1) is 10.5. The number of phenolic OH excluding ortho intramolecular Hbond substituents is 1. The molecule has 1 aromatic carbocycles. The zero-order valence-corrected chi connectivity index (χ0v) is 8.02. The number of phenols is 1. The van der Waals surface area contributed by atoms with Crippen molar-refractivity contribution in [3.63, 3.8) is 0 Å². The SMILES string of the molecule is CN[C@@H](C)c1ccc(O)c([N+](=O)[O-])c1. The van der Waals surface area contributed by atoms with E-state index in [9.17, 15) is 15.2 Å². The average Bonchev–Trinajstić information content (AvgIpc) is 2.17. The fourth-order valence-electron chi connectivity index (χ4n) is 1.12. The zero-order chi connectivity index (χ0) is 10.7. The summed E-state index contributed by atoms with van der Waals surface area (Å²) in [6.45, 7) is 1.89. The molecule has 0 fully saturated rings. The first-order valence-corrected chi connectivity index (χ1v) is 4.21. The third kappa shape index (κ3) is 2.00. The van der Waals surface area contributed by atoms with Crippen molar-refractivity contribution in [3.05, 3.63) is 33.9 Å². The number of rotatable bonds is 3. The Labute approximate surface area is 81.5 Å². The fourth-order valence-corrected chi connectivity index (χ4v) is 1.12. The van der Waals surface area contributed by atoms with Crippen LogP contribution in [0.15, 0.2) is 18.2 Å². The lowest BCUT2D eigenvalue weighted by atomic mass is 10.1. The topological polar surface area (TPSA) is 75.4 Å². The second-order valence-electron chi connectivity index (χ2n) is 3.02. The zero-order valence-electron chi connectivity index (χ0n) is 8.02. The maximum Gasteiger partial charge on any atom is 0.311 e. The van der Waals surface area contributed by atoms with Gasteiger partial charge in [0.2, 0.25) is 0 Å². The van der Waals surface area contributed by atoms with E-state index in [0.717, 1.165) is 5.56 Å². The molecule has 0 aliphatic heterocycles. The molecule has 0 radical (unpaired) electrons. The molecule has 5 nitrogen and oxygen atoms in total. The molecule has 0 amide bonds. The molecule has 0 saturated heterocycles. The highest BCUT2D eigenvalue weighted by molar-refractivity contribution is 5.48. The van der Waals surface area contributed by atoms with Crippen LogP contribution in [0.1, 0.15) is 18.5 Å². The van der Waals surface area contributed by atoms with Gasteiger partial charge in [0.15, 0.2) is 5.75 Å². The molecule has 76 valence electrons. The molecular weight excluding hydrogens is 184 g/mol. The summed E-state index contributed by atoms with van der Waals surface area (Å²) in [5, 5.41) is 22.7. The van der Waals surface area contributed by atoms with Crippen molar-refractivity contribution in [3.8, 4) is 5.75 Å². The summed E-state index contributed by atoms with van der Waals surface area (Å²) in [5.41, 5.74) is 0.515. The van der Waals surface area contributed by atoms with Gasteiger partial charge in [0.05, 0.1) is 4.92 Å². The molecule has 14 heavy (non-hydrogen) atoms. The van der Waals surface area contributed by atoms with E-state index in [1.807, 2.05) is 6.92 Å². The van der Waals surface area contributed by atoms with Crippen molar-refractivity contribution in [2.24, 2.45) is 0 Å². The molecule has 0 spiro atoms. The monoisotopic (exact) mass is 196 g/mol. The molecule has 0 aliphatic rings. The Morgan fingerprint density at radius 1 is 1.57 bits per heavy atom. The third-order valence-electron chi connectivity index (χ3n) is 2.13. The van der Waals surface area contributed by atoms with Gasteiger partial charge in [-0.2, -0.15) is 0 Å². The minimum absolute atomic E-state index is 0.0225. The van der Waals surface area contributed by atoms with Gasteiger partial charge in [-0.15, -0.1) is 0 Å². The van der Waals surface area contributed by atoms with Crippen LogP contribution in [-0.2, 0) is 0 Å². The lowest BCUT2D eigenvalue weighted by molar-refractivity contribution is -0.385. The van der Waals surface area contributed by atoms with E-state index >= 15 is 0 Å². The van der Waals surface area contributed by atoms with Gasteiger partial charge >= 0.3 is 5.69 Å². The lowest BCUT2D eigenvalue weighted by Crippen LogP contribution is -2.12. The molecule has 0 aromatic heterocycles. The van der Waals surface area contributed by atoms with E-state index in [-0.39, 0.29) is 17.5 Å². The quantitative estimate of drug-likeness (QED) is 0.568. The molecule has 1 rings (SSSR count). The standard InChI is InChI=1S/C9H12N2O3/c1-6(10-2)7-3-4-9(12)8(5-7)11(13)14/h3-6,10,12H,1-2H3/t6-/m0/s1. The number of nitrogens with zero attached hydrogens (tertiary/aromatic N) is 1. The summed E-state index contributed by atoms with van der Waals surface area (Å²) in [6.07, 6.45) is 0. The van der Waals surface area contributed by atoms with E-state index < -0.39 is 4.92 Å². The van der Waals surface area contributed by atoms with Crippen LogP contribution >= 0.6 is 0 Å². The molecule has 0 aliphatic carbocycles. The highest BCUT2D eigenvalue weighted by atomic mass is 16.6. The minimum atomic E-state index is -0.596. The molecule has 5 heteroatoms. The van der Waals surface area contributed by atoms with Gasteiger partial charge in [0, 0.05) is 12.1 Å². The lowest BCUT2D eigenvalue weighted by Gasteiger charge is -2.09. The maximum atomic E-state index is 10.5. The Hall–Kier alpha value is -1.62. The van der Waals surface area contributed by atoms with Gasteiger partial charge in [-0.05, 0) is 25.6 Å². The van der Waals surface area contributed by atoms with E-state index in [2.05, 4.69) is 5.32 Å². The minimum Gasteiger partial charge on any atom is -0.502 e. The van der Waals surface area contributed by atoms with Gasteiger partial charge in [-0.25, -0.2) is 0 Å². The summed E-state index contributed by atoms with van der Waals surface area (Å²) in [6, 6.07) is 4.38. The first-order chi connectivity index (χ1) is 6.56. The Morgan fingerprint density at radius 2 is 2.21 bits per heavy atom. The number of nitro groups is 1. The predicted molar refractivity (Wildman–Crippen MR) is 52.2 cm³/mol. The van der Waals surface area contributed by atoms with E-state index in [4.69, 9.17) is 0 Å². The van der Waals surface area contributed by atoms with Crippen LogP contribution in [0, 0.1) is 10.1 Å². The normalized spacial score (nSPS) is 12.4. The van der Waals surface area contributed by atoms with Crippen LogP contribution < -0.4 is 5.32 Å². The molecule has 0 heterocycles. The fraction of sp³-hybridized carbons (Fsp3) is 0.333. The maximum absolute atomic E-state index is 10.5. The van der Waals surface area contributed by atoms with Crippen LogP contribution in [0.25, 0.3) is 0 Å². The molecule has 0 saturated carbocycles. The molecule has 0 bridgehead atoms. The third-order valence-corrected chi connectivity index (χ3v) is 2.13. The number of hydrogen-bond donors (Lipinski definition) is 2. The molecule has 2 N–H and O–H groups in total. The molecule has 1 atom stereocenters. The Kier molecular flexibility index (Phi) is 3.03. The molecular formula is C9H12N2O3. The van der Waals surface area contributed by atoms with Crippen LogP contribution in [0.3, 0.4) is 0 Å². The summed E-state index contributed by atoms with van der Waals surface area (Å²) in [5.74, 6) is -0.304. The van der Waals surface area contributed by atoms with Crippen molar-refractivity contribution < 1.29 is 10.0 Å². The Balaban J connectivity index is 3.12. The van der Waals surface area contributed by atoms with Gasteiger partial charge in [-0.1, -0.05) is 6.07 Å². The summed E-state index contributed by atoms with van der Waals surface area (Å²) in [7, 11) is 1.77. The van der Waals surface area contributed by atoms with E-state index in [1.54, 1.807) is 13.1 Å². The van der Waals surface area contributed by atoms with E-state index in [1.165, 1.54) is 12.1 Å². The van der Waals surface area contributed by atoms with Crippen molar-refractivity contribution in [2.45, 2.75) is 13.0 Å². The van der Waals surface area contributed by atoms with Crippen molar-refractivity contribution in [1.82, 2.24) is 5.32 Å². The van der Waals surface area contributed by atoms with Crippen LogP contribution in [0.5, 0.6) is 5.75 Å². The number of nitrogens with one attached hydrogen (secondary N) is 1.